The second kappa shape index (κ2) is 6.62. The van der Waals surface area contributed by atoms with Crippen LogP contribution >= 0.6 is 0 Å². The molecule has 0 radical (unpaired) electrons. The van der Waals surface area contributed by atoms with E-state index in [9.17, 15) is 9.59 Å². The second-order valence-electron chi connectivity index (χ2n) is 8.13. The highest BCUT2D eigenvalue weighted by atomic mass is 16.1. The first-order chi connectivity index (χ1) is 13.2. The van der Waals surface area contributed by atoms with E-state index in [1.807, 2.05) is 0 Å². The molecule has 0 aromatic carbocycles. The Bertz CT molecular complexity index is 975. The van der Waals surface area contributed by atoms with Crippen molar-refractivity contribution in [3.63, 3.8) is 0 Å². The second-order valence-corrected chi connectivity index (χ2v) is 8.13. The minimum absolute atomic E-state index is 0.00874. The van der Waals surface area contributed by atoms with Crippen molar-refractivity contribution in [3.8, 4) is 0 Å². The van der Waals surface area contributed by atoms with Crippen molar-refractivity contribution in [2.75, 3.05) is 11.4 Å². The molecule has 2 fully saturated rings. The van der Waals surface area contributed by atoms with Crippen LogP contribution in [0.5, 0.6) is 0 Å². The Morgan fingerprint density at radius 1 is 1.07 bits per heavy atom. The van der Waals surface area contributed by atoms with Gasteiger partial charge in [0.25, 0.3) is 11.1 Å². The number of aryl methyl sites for hydroxylation is 2. The first kappa shape index (κ1) is 16.7. The Kier molecular flexibility index (Phi) is 4.10. The summed E-state index contributed by atoms with van der Waals surface area (Å²) in [6, 6.07) is 1.84. The Labute approximate surface area is 157 Å². The fourth-order valence-corrected chi connectivity index (χ4v) is 4.43. The molecule has 0 bridgehead atoms. The van der Waals surface area contributed by atoms with E-state index in [1.165, 1.54) is 12.8 Å². The zero-order valence-corrected chi connectivity index (χ0v) is 15.5. The summed E-state index contributed by atoms with van der Waals surface area (Å²) in [6.07, 6.45) is 10.9. The highest BCUT2D eigenvalue weighted by Gasteiger charge is 2.30. The van der Waals surface area contributed by atoms with E-state index < -0.39 is 0 Å². The summed E-state index contributed by atoms with van der Waals surface area (Å²) in [5.74, 6) is 1.16. The third-order valence-electron chi connectivity index (χ3n) is 6.10. The lowest BCUT2D eigenvalue weighted by Crippen LogP contribution is -2.41. The lowest BCUT2D eigenvalue weighted by atomic mass is 10.2. The maximum Gasteiger partial charge on any atom is 0.293 e. The van der Waals surface area contributed by atoms with Gasteiger partial charge in [-0.25, -0.2) is 9.67 Å². The van der Waals surface area contributed by atoms with Crippen LogP contribution in [0, 0.1) is 5.92 Å². The molecule has 2 aliphatic carbocycles. The Balaban J connectivity index is 1.41. The van der Waals surface area contributed by atoms with Crippen molar-refractivity contribution in [2.24, 2.45) is 5.92 Å². The molecule has 7 nitrogen and oxygen atoms in total. The van der Waals surface area contributed by atoms with Crippen molar-refractivity contribution in [3.05, 3.63) is 50.4 Å². The molecule has 1 saturated heterocycles. The average molecular weight is 367 g/mol. The van der Waals surface area contributed by atoms with E-state index in [0.717, 1.165) is 56.5 Å². The molecule has 3 aliphatic rings. The van der Waals surface area contributed by atoms with Crippen LogP contribution in [0.3, 0.4) is 0 Å². The van der Waals surface area contributed by atoms with E-state index in [-0.39, 0.29) is 17.2 Å². The third-order valence-corrected chi connectivity index (χ3v) is 6.10. The van der Waals surface area contributed by atoms with Crippen molar-refractivity contribution in [1.29, 1.82) is 0 Å². The number of nitrogens with zero attached hydrogens (tertiary/aromatic N) is 5. The first-order valence-corrected chi connectivity index (χ1v) is 10.1. The minimum Gasteiger partial charge on any atom is -0.347 e. The average Bonchev–Trinajstić information content (AvgIpc) is 3.16. The van der Waals surface area contributed by atoms with Crippen LogP contribution in [0.15, 0.2) is 28.0 Å². The quantitative estimate of drug-likeness (QED) is 0.798. The maximum atomic E-state index is 12.9. The van der Waals surface area contributed by atoms with Gasteiger partial charge < -0.3 is 9.47 Å². The molecule has 27 heavy (non-hydrogen) atoms. The van der Waals surface area contributed by atoms with Crippen LogP contribution in [-0.2, 0) is 25.9 Å². The van der Waals surface area contributed by atoms with Crippen LogP contribution in [0.4, 0.5) is 5.82 Å². The van der Waals surface area contributed by atoms with E-state index in [2.05, 4.69) is 15.0 Å². The summed E-state index contributed by atoms with van der Waals surface area (Å²) in [6.45, 7) is 2.11. The van der Waals surface area contributed by atoms with Gasteiger partial charge in [0.05, 0.1) is 18.3 Å². The summed E-state index contributed by atoms with van der Waals surface area (Å²) in [7, 11) is 0. The molecule has 7 heteroatoms. The predicted molar refractivity (Wildman–Crippen MR) is 102 cm³/mol. The molecule has 0 spiro atoms. The number of rotatable bonds is 5. The van der Waals surface area contributed by atoms with Crippen LogP contribution in [0.2, 0.25) is 0 Å². The van der Waals surface area contributed by atoms with Gasteiger partial charge in [-0.15, -0.1) is 0 Å². The van der Waals surface area contributed by atoms with Crippen molar-refractivity contribution in [2.45, 2.75) is 64.1 Å². The van der Waals surface area contributed by atoms with Crippen molar-refractivity contribution < 1.29 is 0 Å². The lowest BCUT2D eigenvalue weighted by Gasteiger charge is -2.25. The minimum atomic E-state index is -0.0327. The van der Waals surface area contributed by atoms with Gasteiger partial charge in [-0.05, 0) is 56.4 Å². The van der Waals surface area contributed by atoms with Crippen LogP contribution in [-0.4, -0.2) is 31.9 Å². The molecule has 5 rings (SSSR count). The van der Waals surface area contributed by atoms with Crippen LogP contribution in [0.25, 0.3) is 0 Å². The number of hydrogen-bond donors (Lipinski definition) is 0. The summed E-state index contributed by atoms with van der Waals surface area (Å²) in [5.41, 5.74) is 2.12. The molecule has 2 aromatic heterocycles. The highest BCUT2D eigenvalue weighted by Crippen LogP contribution is 2.30. The molecule has 1 saturated carbocycles. The molecular weight excluding hydrogens is 342 g/mol. The molecule has 1 unspecified atom stereocenters. The van der Waals surface area contributed by atoms with E-state index in [1.54, 1.807) is 27.7 Å². The van der Waals surface area contributed by atoms with Crippen molar-refractivity contribution >= 4 is 5.82 Å². The Morgan fingerprint density at radius 3 is 2.81 bits per heavy atom. The number of aromatic nitrogens is 4. The SMILES string of the molecule is O=c1c(N2CCCC2Cn2nc3c(cc2=O)CCC3)nccn1CC1CC1. The molecule has 1 aliphatic heterocycles. The van der Waals surface area contributed by atoms with Gasteiger partial charge in [0.1, 0.15) is 0 Å². The summed E-state index contributed by atoms with van der Waals surface area (Å²) < 4.78 is 3.40. The molecular formula is C20H25N5O2. The van der Waals surface area contributed by atoms with Gasteiger partial charge in [0, 0.05) is 31.5 Å². The zero-order valence-electron chi connectivity index (χ0n) is 15.5. The Morgan fingerprint density at radius 2 is 1.96 bits per heavy atom. The van der Waals surface area contributed by atoms with Gasteiger partial charge >= 0.3 is 0 Å². The van der Waals surface area contributed by atoms with Gasteiger partial charge in [-0.2, -0.15) is 5.10 Å². The third kappa shape index (κ3) is 3.19. The van der Waals surface area contributed by atoms with E-state index >= 15 is 0 Å². The summed E-state index contributed by atoms with van der Waals surface area (Å²) in [5, 5.41) is 4.61. The number of fused-ring (bicyclic) bond motifs is 1. The standard InChI is InChI=1S/C20H25N5O2/c26-18-11-15-3-1-5-17(15)22-25(18)13-16-4-2-9-24(16)19-20(27)23(10-8-21-19)12-14-6-7-14/h8,10-11,14,16H,1-7,9,12-13H2. The van der Waals surface area contributed by atoms with Gasteiger partial charge in [0.15, 0.2) is 5.82 Å². The molecule has 2 aromatic rings. The largest absolute Gasteiger partial charge is 0.347 e. The topological polar surface area (TPSA) is 73.0 Å². The molecule has 142 valence electrons. The van der Waals surface area contributed by atoms with Crippen LogP contribution in [0.1, 0.15) is 43.4 Å². The molecule has 0 amide bonds. The smallest absolute Gasteiger partial charge is 0.293 e. The summed E-state index contributed by atoms with van der Waals surface area (Å²) in [4.78, 5) is 31.9. The molecule has 3 heterocycles. The van der Waals surface area contributed by atoms with E-state index in [4.69, 9.17) is 0 Å². The summed E-state index contributed by atoms with van der Waals surface area (Å²) >= 11 is 0. The predicted octanol–water partition coefficient (Wildman–Crippen LogP) is 1.37. The van der Waals surface area contributed by atoms with Gasteiger partial charge in [-0.3, -0.25) is 9.59 Å². The fourth-order valence-electron chi connectivity index (χ4n) is 4.43. The number of anilines is 1. The fraction of sp³-hybridized carbons (Fsp3) is 0.600. The molecule has 0 N–H and O–H groups in total. The van der Waals surface area contributed by atoms with E-state index in [0.29, 0.717) is 18.3 Å². The number of hydrogen-bond acceptors (Lipinski definition) is 5. The molecule has 1 atom stereocenters. The van der Waals surface area contributed by atoms with Crippen molar-refractivity contribution in [1.82, 2.24) is 19.3 Å². The normalized spacial score (nSPS) is 21.6. The lowest BCUT2D eigenvalue weighted by molar-refractivity contribution is 0.479. The monoisotopic (exact) mass is 367 g/mol. The van der Waals surface area contributed by atoms with Gasteiger partial charge in [0.2, 0.25) is 0 Å². The zero-order chi connectivity index (χ0) is 18.4. The first-order valence-electron chi connectivity index (χ1n) is 10.1. The highest BCUT2D eigenvalue weighted by molar-refractivity contribution is 5.38. The van der Waals surface area contributed by atoms with Crippen LogP contribution < -0.4 is 16.0 Å². The maximum absolute atomic E-state index is 12.9. The Hall–Kier alpha value is -2.44. The van der Waals surface area contributed by atoms with Gasteiger partial charge in [-0.1, -0.05) is 0 Å².